The number of nitrogens with zero attached hydrogens (tertiary/aromatic N) is 5. The molecule has 1 saturated heterocycles. The van der Waals surface area contributed by atoms with E-state index in [1.165, 1.54) is 0 Å². The summed E-state index contributed by atoms with van der Waals surface area (Å²) in [4.78, 5) is 6.77. The van der Waals surface area contributed by atoms with Gasteiger partial charge in [0, 0.05) is 25.5 Å². The summed E-state index contributed by atoms with van der Waals surface area (Å²) in [5, 5.41) is 11.5. The fourth-order valence-electron chi connectivity index (χ4n) is 2.50. The number of H-pyrrole nitrogens is 1. The molecule has 1 aliphatic heterocycles. The monoisotopic (exact) mass is 275 g/mol. The number of nitrogens with one attached hydrogen (secondary N) is 1. The number of hydrogen-bond donors (Lipinski definition) is 2. The highest BCUT2D eigenvalue weighted by atomic mass is 15.4. The third-order valence-corrected chi connectivity index (χ3v) is 4.14. The molecule has 0 amide bonds. The maximum atomic E-state index is 5.84. The molecule has 108 valence electrons. The number of rotatable bonds is 4. The van der Waals surface area contributed by atoms with Crippen molar-refractivity contribution in [3.05, 3.63) is 24.3 Å². The lowest BCUT2D eigenvalue weighted by Gasteiger charge is -2.38. The van der Waals surface area contributed by atoms with Gasteiger partial charge in [0.2, 0.25) is 5.95 Å². The Labute approximate surface area is 118 Å². The van der Waals surface area contributed by atoms with Gasteiger partial charge in [-0.25, -0.2) is 0 Å². The minimum atomic E-state index is 0.269. The first-order valence-corrected chi connectivity index (χ1v) is 7.02. The predicted molar refractivity (Wildman–Crippen MR) is 76.3 cm³/mol. The lowest BCUT2D eigenvalue weighted by molar-refractivity contribution is 0.257. The van der Waals surface area contributed by atoms with E-state index < -0.39 is 0 Å². The van der Waals surface area contributed by atoms with E-state index in [0.717, 1.165) is 44.2 Å². The second kappa shape index (κ2) is 5.24. The molecule has 1 fully saturated rings. The largest absolute Gasteiger partial charge is 0.340 e. The van der Waals surface area contributed by atoms with Crippen molar-refractivity contribution in [3.8, 4) is 0 Å². The van der Waals surface area contributed by atoms with E-state index in [4.69, 9.17) is 5.73 Å². The summed E-state index contributed by atoms with van der Waals surface area (Å²) in [6, 6.07) is 1.90. The van der Waals surface area contributed by atoms with E-state index in [2.05, 4.69) is 32.1 Å². The molecule has 3 heterocycles. The molecule has 0 aliphatic carbocycles. The highest BCUT2D eigenvalue weighted by molar-refractivity contribution is 5.29. The van der Waals surface area contributed by atoms with Crippen molar-refractivity contribution < 1.29 is 0 Å². The van der Waals surface area contributed by atoms with Gasteiger partial charge in [-0.05, 0) is 30.9 Å². The predicted octanol–water partition coefficient (Wildman–Crippen LogP) is 0.615. The number of aromatic amines is 1. The quantitative estimate of drug-likeness (QED) is 0.853. The van der Waals surface area contributed by atoms with Gasteiger partial charge in [-0.2, -0.15) is 10.1 Å². The van der Waals surface area contributed by atoms with Crippen LogP contribution in [0, 0.1) is 5.41 Å². The molecule has 1 aliphatic rings. The Morgan fingerprint density at radius 1 is 1.40 bits per heavy atom. The SMILES string of the molecule is CC1(CN)CCN(c2n[nH]c(Cn3cccn3)n2)CC1. The number of aromatic nitrogens is 5. The van der Waals surface area contributed by atoms with Gasteiger partial charge in [0.15, 0.2) is 0 Å². The molecular weight excluding hydrogens is 254 g/mol. The molecule has 0 radical (unpaired) electrons. The summed E-state index contributed by atoms with van der Waals surface area (Å²) in [7, 11) is 0. The van der Waals surface area contributed by atoms with Crippen LogP contribution in [0.3, 0.4) is 0 Å². The lowest BCUT2D eigenvalue weighted by atomic mass is 9.81. The van der Waals surface area contributed by atoms with Crippen molar-refractivity contribution in [2.75, 3.05) is 24.5 Å². The van der Waals surface area contributed by atoms with Gasteiger partial charge in [-0.1, -0.05) is 6.92 Å². The Bertz CT molecular complexity index is 537. The zero-order valence-corrected chi connectivity index (χ0v) is 11.8. The summed E-state index contributed by atoms with van der Waals surface area (Å²) in [5.41, 5.74) is 6.10. The summed E-state index contributed by atoms with van der Waals surface area (Å²) in [5.74, 6) is 1.61. The summed E-state index contributed by atoms with van der Waals surface area (Å²) in [6.07, 6.45) is 5.85. The average Bonchev–Trinajstić information content (AvgIpc) is 3.12. The van der Waals surface area contributed by atoms with Crippen LogP contribution >= 0.6 is 0 Å². The fourth-order valence-corrected chi connectivity index (χ4v) is 2.50. The molecule has 7 heteroatoms. The van der Waals surface area contributed by atoms with Gasteiger partial charge in [-0.3, -0.25) is 9.78 Å². The lowest BCUT2D eigenvalue weighted by Crippen LogP contribution is -2.42. The van der Waals surface area contributed by atoms with Crippen LogP contribution in [0.25, 0.3) is 0 Å². The zero-order chi connectivity index (χ0) is 14.0. The average molecular weight is 275 g/mol. The third-order valence-electron chi connectivity index (χ3n) is 4.14. The third kappa shape index (κ3) is 2.67. The van der Waals surface area contributed by atoms with Gasteiger partial charge in [0.1, 0.15) is 12.4 Å². The standard InChI is InChI=1S/C13H21N7/c1-13(10-14)3-7-19(8-4-13)12-16-11(17-18-12)9-20-6-2-5-15-20/h2,5-6H,3-4,7-10,14H2,1H3,(H,16,17,18). The minimum Gasteiger partial charge on any atom is -0.340 e. The first-order valence-electron chi connectivity index (χ1n) is 7.02. The van der Waals surface area contributed by atoms with Crippen LogP contribution in [0.5, 0.6) is 0 Å². The van der Waals surface area contributed by atoms with Crippen LogP contribution in [-0.2, 0) is 6.54 Å². The van der Waals surface area contributed by atoms with E-state index in [-0.39, 0.29) is 5.41 Å². The molecule has 0 bridgehead atoms. The van der Waals surface area contributed by atoms with Gasteiger partial charge in [-0.15, -0.1) is 5.10 Å². The van der Waals surface area contributed by atoms with Crippen LogP contribution in [0.4, 0.5) is 5.95 Å². The fraction of sp³-hybridized carbons (Fsp3) is 0.615. The molecule has 2 aromatic heterocycles. The minimum absolute atomic E-state index is 0.269. The van der Waals surface area contributed by atoms with Crippen molar-refractivity contribution in [1.29, 1.82) is 0 Å². The van der Waals surface area contributed by atoms with E-state index in [9.17, 15) is 0 Å². The molecule has 0 unspecified atom stereocenters. The Hall–Kier alpha value is -1.89. The summed E-state index contributed by atoms with van der Waals surface area (Å²) >= 11 is 0. The first-order chi connectivity index (χ1) is 9.68. The molecule has 3 N–H and O–H groups in total. The van der Waals surface area contributed by atoms with E-state index in [1.807, 2.05) is 16.9 Å². The van der Waals surface area contributed by atoms with Gasteiger partial charge in [0.25, 0.3) is 0 Å². The molecule has 3 rings (SSSR count). The van der Waals surface area contributed by atoms with Crippen LogP contribution in [-0.4, -0.2) is 44.6 Å². The number of hydrogen-bond acceptors (Lipinski definition) is 5. The van der Waals surface area contributed by atoms with Crippen LogP contribution in [0.1, 0.15) is 25.6 Å². The van der Waals surface area contributed by atoms with Gasteiger partial charge < -0.3 is 10.6 Å². The maximum Gasteiger partial charge on any atom is 0.244 e. The number of nitrogens with two attached hydrogens (primary N) is 1. The molecule has 2 aromatic rings. The first kappa shape index (κ1) is 13.1. The Morgan fingerprint density at radius 2 is 2.20 bits per heavy atom. The highest BCUT2D eigenvalue weighted by Crippen LogP contribution is 2.30. The summed E-state index contributed by atoms with van der Waals surface area (Å²) in [6.45, 7) is 5.55. The molecule has 0 atom stereocenters. The van der Waals surface area contributed by atoms with E-state index in [1.54, 1.807) is 6.20 Å². The van der Waals surface area contributed by atoms with Gasteiger partial charge in [0.05, 0.1) is 0 Å². The van der Waals surface area contributed by atoms with Crippen molar-refractivity contribution in [2.45, 2.75) is 26.3 Å². The molecule has 0 aromatic carbocycles. The second-order valence-electron chi connectivity index (χ2n) is 5.79. The van der Waals surface area contributed by atoms with Crippen LogP contribution < -0.4 is 10.6 Å². The van der Waals surface area contributed by atoms with E-state index >= 15 is 0 Å². The molecule has 0 saturated carbocycles. The smallest absolute Gasteiger partial charge is 0.244 e. The van der Waals surface area contributed by atoms with Crippen molar-refractivity contribution in [2.24, 2.45) is 11.1 Å². The second-order valence-corrected chi connectivity index (χ2v) is 5.79. The van der Waals surface area contributed by atoms with Crippen molar-refractivity contribution in [1.82, 2.24) is 25.0 Å². The number of anilines is 1. The van der Waals surface area contributed by atoms with E-state index in [0.29, 0.717) is 6.54 Å². The van der Waals surface area contributed by atoms with Crippen LogP contribution in [0.2, 0.25) is 0 Å². The zero-order valence-electron chi connectivity index (χ0n) is 11.8. The molecule has 7 nitrogen and oxygen atoms in total. The highest BCUT2D eigenvalue weighted by Gasteiger charge is 2.29. The Morgan fingerprint density at radius 3 is 2.85 bits per heavy atom. The van der Waals surface area contributed by atoms with Gasteiger partial charge >= 0.3 is 0 Å². The van der Waals surface area contributed by atoms with Crippen molar-refractivity contribution in [3.63, 3.8) is 0 Å². The normalized spacial score (nSPS) is 18.4. The topological polar surface area (TPSA) is 88.6 Å². The molecular formula is C13H21N7. The van der Waals surface area contributed by atoms with Crippen molar-refractivity contribution >= 4 is 5.95 Å². The molecule has 0 spiro atoms. The Balaban J connectivity index is 1.63. The molecule has 20 heavy (non-hydrogen) atoms. The Kier molecular flexibility index (Phi) is 3.43. The maximum absolute atomic E-state index is 5.84. The number of piperidine rings is 1. The van der Waals surface area contributed by atoms with Crippen LogP contribution in [0.15, 0.2) is 18.5 Å². The summed E-state index contributed by atoms with van der Waals surface area (Å²) < 4.78 is 1.83.